The normalized spacial score (nSPS) is 17.5. The predicted molar refractivity (Wildman–Crippen MR) is 122 cm³/mol. The minimum atomic E-state index is -0.715. The van der Waals surface area contributed by atoms with Gasteiger partial charge < -0.3 is 19.6 Å². The van der Waals surface area contributed by atoms with Crippen molar-refractivity contribution in [2.24, 2.45) is 0 Å². The van der Waals surface area contributed by atoms with E-state index in [9.17, 15) is 14.7 Å². The number of nitrogens with zero attached hydrogens (tertiary/aromatic N) is 2. The number of carbonyl (C=O) groups is 2. The Hall–Kier alpha value is -3.80. The molecule has 0 saturated carbocycles. The van der Waals surface area contributed by atoms with Gasteiger partial charge in [-0.15, -0.1) is 6.58 Å². The van der Waals surface area contributed by atoms with E-state index < -0.39 is 17.7 Å². The molecule has 1 aliphatic heterocycles. The molecule has 1 saturated heterocycles. The number of amides is 1. The van der Waals surface area contributed by atoms with E-state index in [1.165, 1.54) is 4.90 Å². The molecule has 1 fully saturated rings. The summed E-state index contributed by atoms with van der Waals surface area (Å²) in [6, 6.07) is 13.5. The number of ether oxygens (including phenoxy) is 1. The largest absolute Gasteiger partial charge is 0.507 e. The summed E-state index contributed by atoms with van der Waals surface area (Å²) in [6.45, 7) is 7.86. The monoisotopic (exact) mass is 418 g/mol. The Morgan fingerprint density at radius 2 is 1.71 bits per heavy atom. The van der Waals surface area contributed by atoms with E-state index in [4.69, 9.17) is 4.74 Å². The molecule has 2 aromatic carbocycles. The molecule has 0 bridgehead atoms. The molecule has 0 aliphatic carbocycles. The Labute approximate surface area is 182 Å². The zero-order valence-electron chi connectivity index (χ0n) is 17.7. The fourth-order valence-corrected chi connectivity index (χ4v) is 3.53. The molecule has 6 heteroatoms. The fraction of sp³-hybridized carbons (Fsp3) is 0.200. The lowest BCUT2D eigenvalue weighted by atomic mass is 9.95. The number of hydrogen-bond donors (Lipinski definition) is 1. The molecule has 2 aromatic rings. The smallest absolute Gasteiger partial charge is 0.295 e. The SMILES string of the molecule is C=CCOc1ccc(C(O)=C2C(=O)C(=O)N(CC=C)C2c2ccc(N(C)C)cc2)cc1. The number of ketones is 1. The second-order valence-corrected chi connectivity index (χ2v) is 7.35. The Balaban J connectivity index is 2.07. The van der Waals surface area contributed by atoms with Gasteiger partial charge in [0.25, 0.3) is 11.7 Å². The summed E-state index contributed by atoms with van der Waals surface area (Å²) in [5, 5.41) is 11.0. The van der Waals surface area contributed by atoms with E-state index in [-0.39, 0.29) is 17.9 Å². The number of aliphatic hydroxyl groups is 1. The van der Waals surface area contributed by atoms with Gasteiger partial charge >= 0.3 is 0 Å². The molecule has 160 valence electrons. The predicted octanol–water partition coefficient (Wildman–Crippen LogP) is 3.93. The fourth-order valence-electron chi connectivity index (χ4n) is 3.53. The summed E-state index contributed by atoms with van der Waals surface area (Å²) in [5.74, 6) is -0.983. The standard InChI is InChI=1S/C25H26N2O4/c1-5-15-27-22(17-7-11-19(12-8-17)26(3)4)21(24(29)25(27)30)23(28)18-9-13-20(14-10-18)31-16-6-2/h5-14,22,28H,1-2,15-16H2,3-4H3. The number of Topliss-reactive ketones (excluding diaryl/α,β-unsaturated/α-hetero) is 1. The Kier molecular flexibility index (Phi) is 6.60. The average molecular weight is 418 g/mol. The second kappa shape index (κ2) is 9.34. The Bertz CT molecular complexity index is 1020. The van der Waals surface area contributed by atoms with Gasteiger partial charge in [-0.25, -0.2) is 0 Å². The summed E-state index contributed by atoms with van der Waals surface area (Å²) < 4.78 is 5.46. The number of likely N-dealkylation sites (tertiary alicyclic amines) is 1. The summed E-state index contributed by atoms with van der Waals surface area (Å²) in [5.41, 5.74) is 2.21. The van der Waals surface area contributed by atoms with Gasteiger partial charge in [0.15, 0.2) is 0 Å². The Morgan fingerprint density at radius 1 is 1.06 bits per heavy atom. The first-order chi connectivity index (χ1) is 14.9. The molecule has 1 heterocycles. The highest BCUT2D eigenvalue weighted by atomic mass is 16.5. The van der Waals surface area contributed by atoms with Crippen LogP contribution in [0.1, 0.15) is 17.2 Å². The lowest BCUT2D eigenvalue weighted by molar-refractivity contribution is -0.139. The van der Waals surface area contributed by atoms with Gasteiger partial charge in [0, 0.05) is 31.9 Å². The van der Waals surface area contributed by atoms with Crippen LogP contribution in [0.4, 0.5) is 5.69 Å². The van der Waals surface area contributed by atoms with E-state index >= 15 is 0 Å². The maximum atomic E-state index is 12.9. The summed E-state index contributed by atoms with van der Waals surface area (Å²) >= 11 is 0. The molecular weight excluding hydrogens is 392 g/mol. The van der Waals surface area contributed by atoms with Crippen LogP contribution in [0.15, 0.2) is 79.4 Å². The molecule has 31 heavy (non-hydrogen) atoms. The van der Waals surface area contributed by atoms with Crippen molar-refractivity contribution in [3.63, 3.8) is 0 Å². The molecular formula is C25H26N2O4. The van der Waals surface area contributed by atoms with E-state index in [0.29, 0.717) is 17.9 Å². The van der Waals surface area contributed by atoms with Crippen molar-refractivity contribution in [2.45, 2.75) is 6.04 Å². The van der Waals surface area contributed by atoms with E-state index in [0.717, 1.165) is 11.3 Å². The van der Waals surface area contributed by atoms with Crippen LogP contribution in [0.5, 0.6) is 5.75 Å². The number of anilines is 1. The van der Waals surface area contributed by atoms with E-state index in [2.05, 4.69) is 13.2 Å². The molecule has 1 atom stereocenters. The highest BCUT2D eigenvalue weighted by Gasteiger charge is 2.45. The van der Waals surface area contributed by atoms with Crippen molar-refractivity contribution in [3.05, 3.63) is 90.5 Å². The van der Waals surface area contributed by atoms with Crippen molar-refractivity contribution in [1.29, 1.82) is 0 Å². The number of hydrogen-bond acceptors (Lipinski definition) is 5. The van der Waals surface area contributed by atoms with Gasteiger partial charge in [-0.05, 0) is 42.0 Å². The molecule has 0 aromatic heterocycles. The molecule has 3 rings (SSSR count). The van der Waals surface area contributed by atoms with Gasteiger partial charge in [-0.1, -0.05) is 30.9 Å². The van der Waals surface area contributed by atoms with E-state index in [1.54, 1.807) is 36.4 Å². The number of carbonyl (C=O) groups excluding carboxylic acids is 2. The van der Waals surface area contributed by atoms with Crippen LogP contribution in [0.25, 0.3) is 5.76 Å². The third-order valence-electron chi connectivity index (χ3n) is 5.09. The highest BCUT2D eigenvalue weighted by Crippen LogP contribution is 2.39. The topological polar surface area (TPSA) is 70.1 Å². The van der Waals surface area contributed by atoms with Crippen LogP contribution in [0.2, 0.25) is 0 Å². The summed E-state index contributed by atoms with van der Waals surface area (Å²) in [7, 11) is 3.86. The van der Waals surface area contributed by atoms with Gasteiger partial charge in [-0.3, -0.25) is 9.59 Å². The van der Waals surface area contributed by atoms with Crippen LogP contribution in [-0.2, 0) is 9.59 Å². The summed E-state index contributed by atoms with van der Waals surface area (Å²) in [4.78, 5) is 29.0. The maximum absolute atomic E-state index is 12.9. The highest BCUT2D eigenvalue weighted by molar-refractivity contribution is 6.46. The maximum Gasteiger partial charge on any atom is 0.295 e. The first kappa shape index (κ1) is 21.9. The molecule has 1 amide bonds. The third-order valence-corrected chi connectivity index (χ3v) is 5.09. The second-order valence-electron chi connectivity index (χ2n) is 7.35. The molecule has 1 unspecified atom stereocenters. The van der Waals surface area contributed by atoms with Crippen molar-refractivity contribution in [3.8, 4) is 5.75 Å². The van der Waals surface area contributed by atoms with Gasteiger partial charge in [0.05, 0.1) is 11.6 Å². The van der Waals surface area contributed by atoms with Crippen molar-refractivity contribution in [1.82, 2.24) is 4.90 Å². The first-order valence-corrected chi connectivity index (χ1v) is 9.89. The van der Waals surface area contributed by atoms with Gasteiger partial charge in [0.1, 0.15) is 18.1 Å². The van der Waals surface area contributed by atoms with Crippen molar-refractivity contribution in [2.75, 3.05) is 32.1 Å². The Morgan fingerprint density at radius 3 is 2.26 bits per heavy atom. The van der Waals surface area contributed by atoms with Gasteiger partial charge in [-0.2, -0.15) is 0 Å². The quantitative estimate of drug-likeness (QED) is 0.305. The molecule has 0 spiro atoms. The van der Waals surface area contributed by atoms with Crippen LogP contribution in [0, 0.1) is 0 Å². The van der Waals surface area contributed by atoms with Crippen molar-refractivity contribution < 1.29 is 19.4 Å². The van der Waals surface area contributed by atoms with Crippen LogP contribution in [0.3, 0.4) is 0 Å². The first-order valence-electron chi connectivity index (χ1n) is 9.89. The van der Waals surface area contributed by atoms with E-state index in [1.807, 2.05) is 43.3 Å². The van der Waals surface area contributed by atoms with Crippen LogP contribution < -0.4 is 9.64 Å². The van der Waals surface area contributed by atoms with Crippen molar-refractivity contribution >= 4 is 23.1 Å². The number of rotatable bonds is 8. The average Bonchev–Trinajstić information content (AvgIpc) is 3.03. The van der Waals surface area contributed by atoms with Crippen LogP contribution in [-0.4, -0.2) is 48.9 Å². The number of benzene rings is 2. The zero-order chi connectivity index (χ0) is 22.5. The zero-order valence-corrected chi connectivity index (χ0v) is 17.7. The van der Waals surface area contributed by atoms with Crippen LogP contribution >= 0.6 is 0 Å². The molecule has 6 nitrogen and oxygen atoms in total. The minimum absolute atomic E-state index is 0.0595. The summed E-state index contributed by atoms with van der Waals surface area (Å²) in [6.07, 6.45) is 3.20. The lowest BCUT2D eigenvalue weighted by Crippen LogP contribution is -2.29. The van der Waals surface area contributed by atoms with Gasteiger partial charge in [0.2, 0.25) is 0 Å². The minimum Gasteiger partial charge on any atom is -0.507 e. The lowest BCUT2D eigenvalue weighted by Gasteiger charge is -2.24. The third kappa shape index (κ3) is 4.38. The molecule has 1 N–H and O–H groups in total. The molecule has 0 radical (unpaired) electrons. The molecule has 1 aliphatic rings. The number of aliphatic hydroxyl groups excluding tert-OH is 1.